The lowest BCUT2D eigenvalue weighted by molar-refractivity contribution is 0.708. The average molecular weight is 273 g/mol. The van der Waals surface area contributed by atoms with Crippen LogP contribution in [0.2, 0.25) is 0 Å². The Morgan fingerprint density at radius 1 is 1.08 bits per heavy atom. The van der Waals surface area contributed by atoms with Gasteiger partial charge in [0.2, 0.25) is 0 Å². The summed E-state index contributed by atoms with van der Waals surface area (Å²) in [6.45, 7) is 0. The van der Waals surface area contributed by atoms with E-state index in [9.17, 15) is 0 Å². The fraction of sp³-hybridized carbons (Fsp3) is 0.500. The van der Waals surface area contributed by atoms with Gasteiger partial charge in [0.25, 0.3) is 0 Å². The molecule has 12 heavy (non-hydrogen) atoms. The third kappa shape index (κ3) is 1.79. The number of nitrogens with zero attached hydrogens (tertiary/aromatic N) is 1. The normalized spacial score (nSPS) is 16.8. The topological polar surface area (TPSA) is 12.9 Å². The van der Waals surface area contributed by atoms with Gasteiger partial charge in [-0.05, 0) is 59.9 Å². The van der Waals surface area contributed by atoms with Gasteiger partial charge in [-0.1, -0.05) is 12.5 Å². The van der Waals surface area contributed by atoms with Gasteiger partial charge in [0.15, 0.2) is 0 Å². The molecule has 1 nitrogen and oxygen atoms in total. The third-order valence-corrected chi connectivity index (χ3v) is 2.99. The zero-order chi connectivity index (χ0) is 8.39. The highest BCUT2D eigenvalue weighted by Gasteiger charge is 2.08. The molecule has 1 heterocycles. The largest absolute Gasteiger partial charge is 0.247 e. The number of fused-ring (bicyclic) bond motifs is 1. The molecule has 0 bridgehead atoms. The van der Waals surface area contributed by atoms with E-state index in [1.807, 2.05) is 0 Å². The second-order valence-electron chi connectivity index (χ2n) is 3.30. The van der Waals surface area contributed by atoms with Crippen LogP contribution in [-0.2, 0) is 12.8 Å². The van der Waals surface area contributed by atoms with Crippen LogP contribution in [0.5, 0.6) is 0 Å². The van der Waals surface area contributed by atoms with Gasteiger partial charge in [-0.3, -0.25) is 0 Å². The molecule has 0 atom stereocenters. The molecule has 0 radical (unpaired) electrons. The van der Waals surface area contributed by atoms with Gasteiger partial charge in [-0.2, -0.15) is 0 Å². The highest BCUT2D eigenvalue weighted by Crippen LogP contribution is 2.19. The van der Waals surface area contributed by atoms with Crippen molar-refractivity contribution in [1.82, 2.24) is 4.98 Å². The summed E-state index contributed by atoms with van der Waals surface area (Å²) in [5.74, 6) is 0. The summed E-state index contributed by atoms with van der Waals surface area (Å²) < 4.78 is 1.13. The summed E-state index contributed by atoms with van der Waals surface area (Å²) in [6, 6.07) is 4.36. The lowest BCUT2D eigenvalue weighted by atomic mass is 10.1. The second kappa shape index (κ2) is 3.73. The number of hydrogen-bond donors (Lipinski definition) is 0. The molecule has 1 aromatic rings. The summed E-state index contributed by atoms with van der Waals surface area (Å²) in [6.07, 6.45) is 6.45. The van der Waals surface area contributed by atoms with Gasteiger partial charge in [0.05, 0.1) is 0 Å². The van der Waals surface area contributed by atoms with E-state index in [1.165, 1.54) is 43.4 Å². The van der Waals surface area contributed by atoms with Crippen molar-refractivity contribution in [2.45, 2.75) is 32.1 Å². The molecule has 1 aliphatic rings. The Kier molecular flexibility index (Phi) is 2.63. The van der Waals surface area contributed by atoms with Crippen molar-refractivity contribution in [2.24, 2.45) is 0 Å². The Balaban J connectivity index is 2.36. The molecule has 0 aromatic carbocycles. The monoisotopic (exact) mass is 273 g/mol. The van der Waals surface area contributed by atoms with Crippen LogP contribution < -0.4 is 0 Å². The van der Waals surface area contributed by atoms with Gasteiger partial charge in [-0.25, -0.2) is 4.98 Å². The summed E-state index contributed by atoms with van der Waals surface area (Å²) in [4.78, 5) is 4.56. The van der Waals surface area contributed by atoms with Gasteiger partial charge >= 0.3 is 0 Å². The van der Waals surface area contributed by atoms with E-state index in [0.717, 1.165) is 3.70 Å². The fourth-order valence-corrected chi connectivity index (χ4v) is 2.20. The fourth-order valence-electron chi connectivity index (χ4n) is 1.73. The molecule has 0 spiro atoms. The lowest BCUT2D eigenvalue weighted by Crippen LogP contribution is -1.96. The lowest BCUT2D eigenvalue weighted by Gasteiger charge is -2.03. The van der Waals surface area contributed by atoms with E-state index in [4.69, 9.17) is 0 Å². The standard InChI is InChI=1S/C10H12IN/c11-10-7-6-8-4-2-1-3-5-9(8)12-10/h6-7H,1-5H2. The first kappa shape index (κ1) is 8.48. The predicted octanol–water partition coefficient (Wildman–Crippen LogP) is 2.96. The Morgan fingerprint density at radius 3 is 2.83 bits per heavy atom. The Morgan fingerprint density at radius 2 is 1.92 bits per heavy atom. The molecule has 2 heteroatoms. The van der Waals surface area contributed by atoms with Crippen LogP contribution in [0.25, 0.3) is 0 Å². The maximum Gasteiger partial charge on any atom is 0.101 e. The predicted molar refractivity (Wildman–Crippen MR) is 58.2 cm³/mol. The zero-order valence-electron chi connectivity index (χ0n) is 7.02. The zero-order valence-corrected chi connectivity index (χ0v) is 9.17. The van der Waals surface area contributed by atoms with Crippen molar-refractivity contribution in [1.29, 1.82) is 0 Å². The van der Waals surface area contributed by atoms with Crippen LogP contribution in [0, 0.1) is 3.70 Å². The third-order valence-electron chi connectivity index (χ3n) is 2.39. The first-order valence-electron chi connectivity index (χ1n) is 4.50. The molecule has 64 valence electrons. The van der Waals surface area contributed by atoms with E-state index in [2.05, 4.69) is 39.7 Å². The first-order chi connectivity index (χ1) is 5.86. The number of aryl methyl sites for hydroxylation is 2. The van der Waals surface area contributed by atoms with Gasteiger partial charge in [0.1, 0.15) is 3.70 Å². The Labute approximate surface area is 86.7 Å². The summed E-state index contributed by atoms with van der Waals surface area (Å²) >= 11 is 2.29. The van der Waals surface area contributed by atoms with Crippen molar-refractivity contribution >= 4 is 22.6 Å². The molecule has 1 aromatic heterocycles. The average Bonchev–Trinajstić information content (AvgIpc) is 2.28. The molecule has 0 aliphatic heterocycles. The molecule has 0 N–H and O–H groups in total. The van der Waals surface area contributed by atoms with Crippen molar-refractivity contribution in [2.75, 3.05) is 0 Å². The van der Waals surface area contributed by atoms with Crippen LogP contribution in [0.15, 0.2) is 12.1 Å². The number of pyridine rings is 1. The molecule has 0 saturated carbocycles. The van der Waals surface area contributed by atoms with E-state index >= 15 is 0 Å². The Hall–Kier alpha value is -0.120. The van der Waals surface area contributed by atoms with E-state index < -0.39 is 0 Å². The van der Waals surface area contributed by atoms with Crippen LogP contribution in [0.3, 0.4) is 0 Å². The minimum absolute atomic E-state index is 1.13. The first-order valence-corrected chi connectivity index (χ1v) is 5.58. The minimum atomic E-state index is 1.13. The second-order valence-corrected chi connectivity index (χ2v) is 4.41. The molecular formula is C10H12IN. The molecule has 0 saturated heterocycles. The summed E-state index contributed by atoms with van der Waals surface area (Å²) in [5.41, 5.74) is 2.83. The number of aromatic nitrogens is 1. The summed E-state index contributed by atoms with van der Waals surface area (Å²) in [7, 11) is 0. The van der Waals surface area contributed by atoms with Gasteiger partial charge in [0, 0.05) is 5.69 Å². The van der Waals surface area contributed by atoms with E-state index in [0.29, 0.717) is 0 Å². The summed E-state index contributed by atoms with van der Waals surface area (Å²) in [5, 5.41) is 0. The van der Waals surface area contributed by atoms with Gasteiger partial charge in [-0.15, -0.1) is 0 Å². The van der Waals surface area contributed by atoms with Crippen LogP contribution >= 0.6 is 22.6 Å². The number of halogens is 1. The van der Waals surface area contributed by atoms with Crippen LogP contribution in [0.1, 0.15) is 30.5 Å². The van der Waals surface area contributed by atoms with Gasteiger partial charge < -0.3 is 0 Å². The maximum atomic E-state index is 4.56. The smallest absolute Gasteiger partial charge is 0.101 e. The molecule has 1 aliphatic carbocycles. The van der Waals surface area contributed by atoms with Crippen molar-refractivity contribution in [3.8, 4) is 0 Å². The SMILES string of the molecule is Ic1ccc2c(n1)CCCCC2. The molecular weight excluding hydrogens is 261 g/mol. The van der Waals surface area contributed by atoms with E-state index in [1.54, 1.807) is 0 Å². The minimum Gasteiger partial charge on any atom is -0.247 e. The Bertz CT molecular complexity index is 283. The van der Waals surface area contributed by atoms with Crippen molar-refractivity contribution in [3.63, 3.8) is 0 Å². The maximum absolute atomic E-state index is 4.56. The van der Waals surface area contributed by atoms with Crippen molar-refractivity contribution < 1.29 is 0 Å². The molecule has 0 unspecified atom stereocenters. The number of hydrogen-bond acceptors (Lipinski definition) is 1. The van der Waals surface area contributed by atoms with Crippen molar-refractivity contribution in [3.05, 3.63) is 27.1 Å². The quantitative estimate of drug-likeness (QED) is 0.402. The molecule has 0 fully saturated rings. The van der Waals surface area contributed by atoms with Crippen LogP contribution in [-0.4, -0.2) is 4.98 Å². The number of rotatable bonds is 0. The molecule has 2 rings (SSSR count). The van der Waals surface area contributed by atoms with Crippen LogP contribution in [0.4, 0.5) is 0 Å². The van der Waals surface area contributed by atoms with E-state index in [-0.39, 0.29) is 0 Å². The highest BCUT2D eigenvalue weighted by molar-refractivity contribution is 14.1. The molecule has 0 amide bonds. The highest BCUT2D eigenvalue weighted by atomic mass is 127.